The largest absolute Gasteiger partial charge is 0.448 e. The van der Waals surface area contributed by atoms with Gasteiger partial charge in [-0.15, -0.1) is 0 Å². The molecule has 0 fully saturated rings. The lowest BCUT2D eigenvalue weighted by Crippen LogP contribution is -2.28. The third-order valence-electron chi connectivity index (χ3n) is 3.26. The van der Waals surface area contributed by atoms with Crippen molar-refractivity contribution in [1.82, 2.24) is 10.2 Å². The first kappa shape index (κ1) is 15.5. The minimum absolute atomic E-state index is 0.459. The van der Waals surface area contributed by atoms with Gasteiger partial charge in [0.25, 0.3) is 0 Å². The zero-order valence-corrected chi connectivity index (χ0v) is 12.5. The van der Waals surface area contributed by atoms with E-state index in [0.29, 0.717) is 11.3 Å². The maximum atomic E-state index is 5.73. The van der Waals surface area contributed by atoms with Gasteiger partial charge in [0.2, 0.25) is 0 Å². The van der Waals surface area contributed by atoms with Gasteiger partial charge in [0, 0.05) is 6.04 Å². The van der Waals surface area contributed by atoms with E-state index in [9.17, 15) is 0 Å². The second-order valence-corrected chi connectivity index (χ2v) is 5.03. The van der Waals surface area contributed by atoms with E-state index in [-0.39, 0.29) is 0 Å². The summed E-state index contributed by atoms with van der Waals surface area (Å²) in [6.07, 6.45) is 2.42. The Labute approximate surface area is 115 Å². The van der Waals surface area contributed by atoms with E-state index in [1.54, 1.807) is 6.07 Å². The Bertz CT molecular complexity index is 323. The van der Waals surface area contributed by atoms with Gasteiger partial charge >= 0.3 is 0 Å². The molecule has 0 bridgehead atoms. The SMILES string of the molecule is CCN(CC)CCCC(C)NCc1ccc(Cl)o1. The molecule has 1 atom stereocenters. The van der Waals surface area contributed by atoms with Gasteiger partial charge in [-0.05, 0) is 63.1 Å². The third-order valence-corrected chi connectivity index (χ3v) is 3.46. The van der Waals surface area contributed by atoms with Crippen LogP contribution in [-0.4, -0.2) is 30.6 Å². The summed E-state index contributed by atoms with van der Waals surface area (Å²) in [6, 6.07) is 4.20. The number of nitrogens with one attached hydrogen (secondary N) is 1. The third kappa shape index (κ3) is 5.89. The van der Waals surface area contributed by atoms with Crippen LogP contribution in [0.25, 0.3) is 0 Å². The first-order chi connectivity index (χ1) is 8.65. The summed E-state index contributed by atoms with van der Waals surface area (Å²) in [4.78, 5) is 2.46. The van der Waals surface area contributed by atoms with Crippen molar-refractivity contribution in [3.8, 4) is 0 Å². The zero-order chi connectivity index (χ0) is 13.4. The normalized spacial score (nSPS) is 13.2. The highest BCUT2D eigenvalue weighted by atomic mass is 35.5. The molecule has 1 aromatic heterocycles. The molecule has 0 saturated heterocycles. The van der Waals surface area contributed by atoms with Crippen LogP contribution in [0.2, 0.25) is 5.22 Å². The summed E-state index contributed by atoms with van der Waals surface area (Å²) < 4.78 is 5.31. The number of rotatable bonds is 9. The Morgan fingerprint density at radius 3 is 2.61 bits per heavy atom. The standard InChI is InChI=1S/C14H25ClN2O/c1-4-17(5-2)10-6-7-12(3)16-11-13-8-9-14(15)18-13/h8-9,12,16H,4-7,10-11H2,1-3H3. The lowest BCUT2D eigenvalue weighted by atomic mass is 10.1. The summed E-state index contributed by atoms with van der Waals surface area (Å²) >= 11 is 5.73. The van der Waals surface area contributed by atoms with Gasteiger partial charge in [0.15, 0.2) is 5.22 Å². The van der Waals surface area contributed by atoms with E-state index >= 15 is 0 Å². The molecule has 1 aromatic rings. The van der Waals surface area contributed by atoms with Crippen molar-refractivity contribution in [3.05, 3.63) is 23.1 Å². The van der Waals surface area contributed by atoms with Crippen molar-refractivity contribution >= 4 is 11.6 Å². The fourth-order valence-corrected chi connectivity index (χ4v) is 2.15. The summed E-state index contributed by atoms with van der Waals surface area (Å²) in [5, 5.41) is 3.91. The highest BCUT2D eigenvalue weighted by Crippen LogP contribution is 2.13. The van der Waals surface area contributed by atoms with Gasteiger partial charge in [0.1, 0.15) is 5.76 Å². The molecular formula is C14H25ClN2O. The molecule has 0 radical (unpaired) electrons. The van der Waals surface area contributed by atoms with Crippen molar-refractivity contribution in [2.75, 3.05) is 19.6 Å². The van der Waals surface area contributed by atoms with Crippen LogP contribution < -0.4 is 5.32 Å². The van der Waals surface area contributed by atoms with E-state index in [2.05, 4.69) is 31.0 Å². The molecule has 1 N–H and O–H groups in total. The summed E-state index contributed by atoms with van der Waals surface area (Å²) in [6.45, 7) is 10.9. The Hall–Kier alpha value is -0.510. The van der Waals surface area contributed by atoms with E-state index in [0.717, 1.165) is 25.4 Å². The monoisotopic (exact) mass is 272 g/mol. The number of hydrogen-bond donors (Lipinski definition) is 1. The molecule has 4 heteroatoms. The van der Waals surface area contributed by atoms with Gasteiger partial charge in [-0.2, -0.15) is 0 Å². The molecule has 0 amide bonds. The van der Waals surface area contributed by atoms with Crippen LogP contribution in [0.1, 0.15) is 39.4 Å². The maximum absolute atomic E-state index is 5.73. The summed E-state index contributed by atoms with van der Waals surface area (Å²) in [5.41, 5.74) is 0. The first-order valence-electron chi connectivity index (χ1n) is 6.85. The van der Waals surface area contributed by atoms with Crippen LogP contribution in [0.3, 0.4) is 0 Å². The van der Waals surface area contributed by atoms with Crippen LogP contribution in [0.15, 0.2) is 16.5 Å². The van der Waals surface area contributed by atoms with Gasteiger partial charge in [-0.25, -0.2) is 0 Å². The number of nitrogens with zero attached hydrogens (tertiary/aromatic N) is 1. The highest BCUT2D eigenvalue weighted by molar-refractivity contribution is 6.28. The minimum atomic E-state index is 0.459. The summed E-state index contributed by atoms with van der Waals surface area (Å²) in [7, 11) is 0. The molecule has 0 aliphatic rings. The van der Waals surface area contributed by atoms with Gasteiger partial charge in [-0.3, -0.25) is 0 Å². The Kier molecular flexibility index (Phi) is 7.40. The Morgan fingerprint density at radius 2 is 2.06 bits per heavy atom. The molecule has 0 aliphatic heterocycles. The predicted octanol–water partition coefficient (Wildman–Crippen LogP) is 3.53. The molecule has 3 nitrogen and oxygen atoms in total. The van der Waals surface area contributed by atoms with Crippen LogP contribution in [-0.2, 0) is 6.54 Å². The fourth-order valence-electron chi connectivity index (χ4n) is 1.98. The second-order valence-electron chi connectivity index (χ2n) is 4.66. The van der Waals surface area contributed by atoms with E-state index in [4.69, 9.17) is 16.0 Å². The van der Waals surface area contributed by atoms with Crippen molar-refractivity contribution in [1.29, 1.82) is 0 Å². The smallest absolute Gasteiger partial charge is 0.193 e. The molecule has 0 saturated carbocycles. The highest BCUT2D eigenvalue weighted by Gasteiger charge is 2.05. The van der Waals surface area contributed by atoms with E-state index in [1.165, 1.54) is 19.4 Å². The minimum Gasteiger partial charge on any atom is -0.448 e. The van der Waals surface area contributed by atoms with Gasteiger partial charge in [0.05, 0.1) is 6.54 Å². The predicted molar refractivity (Wildman–Crippen MR) is 77.0 cm³/mol. The van der Waals surface area contributed by atoms with Crippen LogP contribution in [0.5, 0.6) is 0 Å². The lowest BCUT2D eigenvalue weighted by molar-refractivity contribution is 0.289. The molecule has 1 unspecified atom stereocenters. The molecule has 0 aliphatic carbocycles. The van der Waals surface area contributed by atoms with Crippen molar-refractivity contribution in [2.45, 2.75) is 46.2 Å². The average molecular weight is 273 g/mol. The van der Waals surface area contributed by atoms with E-state index < -0.39 is 0 Å². The molecular weight excluding hydrogens is 248 g/mol. The van der Waals surface area contributed by atoms with Gasteiger partial charge < -0.3 is 14.6 Å². The maximum Gasteiger partial charge on any atom is 0.193 e. The van der Waals surface area contributed by atoms with Crippen LogP contribution in [0.4, 0.5) is 0 Å². The topological polar surface area (TPSA) is 28.4 Å². The quantitative estimate of drug-likeness (QED) is 0.745. The number of hydrogen-bond acceptors (Lipinski definition) is 3. The molecule has 0 aromatic carbocycles. The molecule has 18 heavy (non-hydrogen) atoms. The molecule has 1 heterocycles. The average Bonchev–Trinajstić information content (AvgIpc) is 2.78. The first-order valence-corrected chi connectivity index (χ1v) is 7.23. The van der Waals surface area contributed by atoms with Gasteiger partial charge in [-0.1, -0.05) is 13.8 Å². The fraction of sp³-hybridized carbons (Fsp3) is 0.714. The zero-order valence-electron chi connectivity index (χ0n) is 11.7. The van der Waals surface area contributed by atoms with Crippen molar-refractivity contribution < 1.29 is 4.42 Å². The van der Waals surface area contributed by atoms with Crippen LogP contribution >= 0.6 is 11.6 Å². The van der Waals surface area contributed by atoms with Crippen molar-refractivity contribution in [3.63, 3.8) is 0 Å². The van der Waals surface area contributed by atoms with E-state index in [1.807, 2.05) is 6.07 Å². The molecule has 1 rings (SSSR count). The molecule has 0 spiro atoms. The number of halogens is 1. The van der Waals surface area contributed by atoms with Crippen molar-refractivity contribution in [2.24, 2.45) is 0 Å². The van der Waals surface area contributed by atoms with Crippen LogP contribution in [0, 0.1) is 0 Å². The molecule has 104 valence electrons. The summed E-state index contributed by atoms with van der Waals surface area (Å²) in [5.74, 6) is 0.899. The second kappa shape index (κ2) is 8.57. The number of furan rings is 1. The lowest BCUT2D eigenvalue weighted by Gasteiger charge is -2.19. The Morgan fingerprint density at radius 1 is 1.33 bits per heavy atom. The Balaban J connectivity index is 2.12.